The summed E-state index contributed by atoms with van der Waals surface area (Å²) in [6.45, 7) is 4.24. The monoisotopic (exact) mass is 339 g/mol. The molecule has 0 unspecified atom stereocenters. The number of nitrogens with zero attached hydrogens (tertiary/aromatic N) is 3. The van der Waals surface area contributed by atoms with Crippen LogP contribution in [-0.4, -0.2) is 38.5 Å². The number of aliphatic hydroxyl groups is 1. The van der Waals surface area contributed by atoms with Crippen molar-refractivity contribution in [3.05, 3.63) is 36.3 Å². The number of para-hydroxylation sites is 1. The second-order valence-electron chi connectivity index (χ2n) is 7.03. The maximum Gasteiger partial charge on any atom is 0.109 e. The summed E-state index contributed by atoms with van der Waals surface area (Å²) in [4.78, 5) is 9.38. The van der Waals surface area contributed by atoms with Crippen molar-refractivity contribution in [1.29, 1.82) is 0 Å². The lowest BCUT2D eigenvalue weighted by Crippen LogP contribution is -2.37. The maximum absolute atomic E-state index is 10.9. The number of ether oxygens (including phenoxy) is 1. The zero-order valence-corrected chi connectivity index (χ0v) is 14.7. The molecule has 2 aromatic heterocycles. The number of fused-ring (bicyclic) bond motifs is 3. The van der Waals surface area contributed by atoms with E-state index in [1.165, 1.54) is 0 Å². The van der Waals surface area contributed by atoms with Gasteiger partial charge in [0, 0.05) is 31.6 Å². The fourth-order valence-electron chi connectivity index (χ4n) is 3.79. The van der Waals surface area contributed by atoms with E-state index in [0.29, 0.717) is 26.1 Å². The molecule has 25 heavy (non-hydrogen) atoms. The molecular weight excluding hydrogens is 314 g/mol. The Hall–Kier alpha value is -1.98. The number of hydrogen-bond donors (Lipinski definition) is 1. The van der Waals surface area contributed by atoms with Gasteiger partial charge in [0.05, 0.1) is 22.8 Å². The predicted octanol–water partition coefficient (Wildman–Crippen LogP) is 3.47. The topological polar surface area (TPSA) is 60.2 Å². The fraction of sp³-hybridized carbons (Fsp3) is 0.500. The van der Waals surface area contributed by atoms with Crippen LogP contribution in [0.2, 0.25) is 0 Å². The number of benzene rings is 1. The van der Waals surface area contributed by atoms with Crippen LogP contribution in [0.15, 0.2) is 30.5 Å². The van der Waals surface area contributed by atoms with Gasteiger partial charge in [-0.15, -0.1) is 0 Å². The molecule has 3 heterocycles. The predicted molar refractivity (Wildman–Crippen MR) is 98.6 cm³/mol. The molecule has 0 radical (unpaired) electrons. The molecule has 1 saturated heterocycles. The van der Waals surface area contributed by atoms with Gasteiger partial charge in [0.25, 0.3) is 0 Å². The Bertz CT molecular complexity index is 881. The first kappa shape index (κ1) is 16.5. The molecule has 0 spiro atoms. The lowest BCUT2D eigenvalue weighted by Gasteiger charge is -2.32. The fourth-order valence-corrected chi connectivity index (χ4v) is 3.79. The van der Waals surface area contributed by atoms with Crippen molar-refractivity contribution in [3.8, 4) is 0 Å². The molecule has 1 N–H and O–H groups in total. The summed E-state index contributed by atoms with van der Waals surface area (Å²) in [7, 11) is 0. The highest BCUT2D eigenvalue weighted by atomic mass is 16.5. The molecule has 1 aliphatic heterocycles. The summed E-state index contributed by atoms with van der Waals surface area (Å²) in [5, 5.41) is 12.0. The van der Waals surface area contributed by atoms with Gasteiger partial charge in [-0.1, -0.05) is 25.1 Å². The Kier molecular flexibility index (Phi) is 4.44. The largest absolute Gasteiger partial charge is 0.390 e. The molecule has 4 rings (SSSR count). The van der Waals surface area contributed by atoms with E-state index in [-0.39, 0.29) is 0 Å². The zero-order valence-electron chi connectivity index (χ0n) is 14.7. The lowest BCUT2D eigenvalue weighted by molar-refractivity contribution is -0.0698. The maximum atomic E-state index is 10.9. The molecule has 0 aliphatic carbocycles. The van der Waals surface area contributed by atoms with Gasteiger partial charge < -0.3 is 14.4 Å². The normalized spacial score (nSPS) is 17.4. The summed E-state index contributed by atoms with van der Waals surface area (Å²) in [5.41, 5.74) is 2.45. The highest BCUT2D eigenvalue weighted by Gasteiger charge is 2.30. The first-order chi connectivity index (χ1) is 12.2. The summed E-state index contributed by atoms with van der Waals surface area (Å²) < 4.78 is 7.71. The number of aromatic nitrogens is 3. The van der Waals surface area contributed by atoms with Crippen molar-refractivity contribution in [3.63, 3.8) is 0 Å². The number of aryl methyl sites for hydroxylation is 2. The number of rotatable bonds is 5. The van der Waals surface area contributed by atoms with Crippen LogP contribution < -0.4 is 0 Å². The van der Waals surface area contributed by atoms with E-state index in [9.17, 15) is 5.11 Å². The van der Waals surface area contributed by atoms with Crippen molar-refractivity contribution in [2.45, 2.75) is 51.2 Å². The van der Waals surface area contributed by atoms with Crippen molar-refractivity contribution in [2.24, 2.45) is 0 Å². The second kappa shape index (κ2) is 6.73. The Balaban J connectivity index is 1.76. The van der Waals surface area contributed by atoms with Gasteiger partial charge in [-0.05, 0) is 31.7 Å². The first-order valence-electron chi connectivity index (χ1n) is 9.23. The minimum Gasteiger partial charge on any atom is -0.390 e. The van der Waals surface area contributed by atoms with Crippen molar-refractivity contribution in [2.75, 3.05) is 13.2 Å². The van der Waals surface area contributed by atoms with Gasteiger partial charge in [-0.3, -0.25) is 4.98 Å². The zero-order chi connectivity index (χ0) is 17.3. The standard InChI is InChI=1S/C20H25N3O2/c1-2-5-18-22-17-14-21-16-7-4-3-6-15(16)19(17)23(18)11-8-20(24)9-12-25-13-10-20/h3-4,6-7,14,24H,2,5,8-13H2,1H3. The molecule has 5 heteroatoms. The molecule has 0 saturated carbocycles. The van der Waals surface area contributed by atoms with Gasteiger partial charge in [0.15, 0.2) is 0 Å². The SMILES string of the molecule is CCCc1nc2cnc3ccccc3c2n1CCC1(O)CCOCC1. The molecular formula is C20H25N3O2. The lowest BCUT2D eigenvalue weighted by atomic mass is 9.91. The van der Waals surface area contributed by atoms with Crippen molar-refractivity contribution >= 4 is 21.9 Å². The van der Waals surface area contributed by atoms with Crippen molar-refractivity contribution in [1.82, 2.24) is 14.5 Å². The quantitative estimate of drug-likeness (QED) is 0.773. The molecule has 1 aromatic carbocycles. The van der Waals surface area contributed by atoms with Gasteiger partial charge in [0.1, 0.15) is 11.3 Å². The van der Waals surface area contributed by atoms with E-state index in [1.54, 1.807) is 0 Å². The van der Waals surface area contributed by atoms with Crippen LogP contribution in [0.5, 0.6) is 0 Å². The first-order valence-corrected chi connectivity index (χ1v) is 9.23. The molecule has 1 fully saturated rings. The van der Waals surface area contributed by atoms with Gasteiger partial charge >= 0.3 is 0 Å². The van der Waals surface area contributed by atoms with Crippen LogP contribution in [0, 0.1) is 0 Å². The summed E-state index contributed by atoms with van der Waals surface area (Å²) in [6, 6.07) is 8.21. The van der Waals surface area contributed by atoms with Crippen LogP contribution in [0.1, 0.15) is 38.4 Å². The van der Waals surface area contributed by atoms with Crippen LogP contribution in [0.25, 0.3) is 21.9 Å². The van der Waals surface area contributed by atoms with Crippen LogP contribution in [0.4, 0.5) is 0 Å². The van der Waals surface area contributed by atoms with Gasteiger partial charge in [0.2, 0.25) is 0 Å². The van der Waals surface area contributed by atoms with Crippen LogP contribution >= 0.6 is 0 Å². The highest BCUT2D eigenvalue weighted by molar-refractivity contribution is 6.02. The molecule has 132 valence electrons. The minimum absolute atomic E-state index is 0.624. The third-order valence-corrected chi connectivity index (χ3v) is 5.26. The van der Waals surface area contributed by atoms with Crippen LogP contribution in [-0.2, 0) is 17.7 Å². The Morgan fingerprint density at radius 2 is 2.00 bits per heavy atom. The molecule has 5 nitrogen and oxygen atoms in total. The second-order valence-corrected chi connectivity index (χ2v) is 7.03. The molecule has 0 amide bonds. The smallest absolute Gasteiger partial charge is 0.109 e. The third kappa shape index (κ3) is 3.14. The van der Waals surface area contributed by atoms with E-state index >= 15 is 0 Å². The summed E-state index contributed by atoms with van der Waals surface area (Å²) in [5.74, 6) is 1.09. The number of hydrogen-bond acceptors (Lipinski definition) is 4. The highest BCUT2D eigenvalue weighted by Crippen LogP contribution is 2.29. The average molecular weight is 339 g/mol. The van der Waals surface area contributed by atoms with E-state index in [0.717, 1.165) is 53.6 Å². The number of pyridine rings is 1. The minimum atomic E-state index is -0.624. The summed E-state index contributed by atoms with van der Waals surface area (Å²) in [6.07, 6.45) is 6.01. The van der Waals surface area contributed by atoms with E-state index in [2.05, 4.69) is 22.5 Å². The van der Waals surface area contributed by atoms with E-state index in [1.807, 2.05) is 24.4 Å². The summed E-state index contributed by atoms with van der Waals surface area (Å²) >= 11 is 0. The number of imidazole rings is 1. The average Bonchev–Trinajstić information content (AvgIpc) is 2.99. The molecule has 0 atom stereocenters. The van der Waals surface area contributed by atoms with Gasteiger partial charge in [-0.25, -0.2) is 4.98 Å². The van der Waals surface area contributed by atoms with Crippen molar-refractivity contribution < 1.29 is 9.84 Å². The Labute approximate surface area is 147 Å². The van der Waals surface area contributed by atoms with E-state index in [4.69, 9.17) is 9.72 Å². The Morgan fingerprint density at radius 3 is 2.80 bits per heavy atom. The van der Waals surface area contributed by atoms with Gasteiger partial charge in [-0.2, -0.15) is 0 Å². The molecule has 3 aromatic rings. The molecule has 1 aliphatic rings. The molecule has 0 bridgehead atoms. The third-order valence-electron chi connectivity index (χ3n) is 5.26. The van der Waals surface area contributed by atoms with Crippen LogP contribution in [0.3, 0.4) is 0 Å². The Morgan fingerprint density at radius 1 is 1.20 bits per heavy atom. The van der Waals surface area contributed by atoms with E-state index < -0.39 is 5.60 Å².